The smallest absolute Gasteiger partial charge is 0.317 e. The summed E-state index contributed by atoms with van der Waals surface area (Å²) in [5.41, 5.74) is 0.574. The van der Waals surface area contributed by atoms with Crippen molar-refractivity contribution in [3.63, 3.8) is 0 Å². The lowest BCUT2D eigenvalue weighted by molar-refractivity contribution is -0.140. The van der Waals surface area contributed by atoms with Crippen LogP contribution in [-0.2, 0) is 28.8 Å². The van der Waals surface area contributed by atoms with Crippen molar-refractivity contribution in [2.24, 2.45) is 11.8 Å². The Bertz CT molecular complexity index is 2090. The van der Waals surface area contributed by atoms with Crippen LogP contribution in [0.1, 0.15) is 48.9 Å². The number of carbonyl (C=O) groups excluding carboxylic acids is 4. The Kier molecular flexibility index (Phi) is 19.5. The Morgan fingerprint density at radius 1 is 0.776 bits per heavy atom. The third-order valence-electron chi connectivity index (χ3n) is 12.2. The van der Waals surface area contributed by atoms with Gasteiger partial charge in [0.15, 0.2) is 0 Å². The minimum absolute atomic E-state index is 0.0207. The quantitative estimate of drug-likeness (QED) is 0.101. The number of alkyl halides is 2. The molecule has 2 saturated heterocycles. The van der Waals surface area contributed by atoms with E-state index < -0.39 is 61.2 Å². The van der Waals surface area contributed by atoms with Gasteiger partial charge in [0.2, 0.25) is 17.7 Å². The Hall–Kier alpha value is -6.09. The fourth-order valence-electron chi connectivity index (χ4n) is 8.55. The number of aliphatic carboxylic acids is 3. The van der Waals surface area contributed by atoms with Crippen molar-refractivity contribution in [3.05, 3.63) is 36.0 Å². The summed E-state index contributed by atoms with van der Waals surface area (Å²) in [7, 11) is 0. The summed E-state index contributed by atoms with van der Waals surface area (Å²) in [6.07, 6.45) is 3.90. The van der Waals surface area contributed by atoms with Gasteiger partial charge in [-0.25, -0.2) is 8.78 Å². The van der Waals surface area contributed by atoms with E-state index in [4.69, 9.17) is 4.74 Å². The van der Waals surface area contributed by atoms with E-state index in [-0.39, 0.29) is 88.2 Å². The molecule has 2 aliphatic heterocycles. The standard InChI is InChI=1S/C44H60F2N10O11/c45-44(46)21-32(22-47)56(29-44)37(58)24-51-43(66)34-9-11-48-41-33(34)3-1-4-35(41)67-20-2-10-49-42(65)31-7-5-30(6-8-31)23-50-36(57)25-52-12-14-53(26-38(59)60)16-18-55(28-40(63)64)19-17-54(15-13-52)27-39(61)62/h1,3-4,9,11,30-32H,2,5-8,10,12-21,23-29H2,(H,49,65)(H,50,57)(H,51,66)(H,59,60)(H,61,62)(H,63,64). The first-order valence-electron chi connectivity index (χ1n) is 22.4. The van der Waals surface area contributed by atoms with E-state index in [0.29, 0.717) is 75.2 Å². The number of nitrogens with zero attached hydrogens (tertiary/aromatic N) is 7. The van der Waals surface area contributed by atoms with E-state index >= 15 is 0 Å². The minimum Gasteiger partial charge on any atom is -0.491 e. The number of benzene rings is 1. The van der Waals surface area contributed by atoms with Crippen LogP contribution in [-0.4, -0.2) is 210 Å². The lowest BCUT2D eigenvalue weighted by Gasteiger charge is -2.33. The Morgan fingerprint density at radius 3 is 1.90 bits per heavy atom. The third kappa shape index (κ3) is 16.6. The highest BCUT2D eigenvalue weighted by molar-refractivity contribution is 6.08. The number of carboxylic acids is 3. The van der Waals surface area contributed by atoms with E-state index in [2.05, 4.69) is 20.9 Å². The zero-order valence-electron chi connectivity index (χ0n) is 37.4. The van der Waals surface area contributed by atoms with Crippen LogP contribution in [0.15, 0.2) is 30.5 Å². The second-order valence-corrected chi connectivity index (χ2v) is 17.2. The van der Waals surface area contributed by atoms with Crippen molar-refractivity contribution >= 4 is 52.4 Å². The molecule has 67 heavy (non-hydrogen) atoms. The largest absolute Gasteiger partial charge is 0.491 e. The summed E-state index contributed by atoms with van der Waals surface area (Å²) in [5.74, 6) is -7.60. The first-order valence-corrected chi connectivity index (χ1v) is 22.4. The number of halogens is 2. The van der Waals surface area contributed by atoms with Crippen molar-refractivity contribution in [2.75, 3.05) is 111 Å². The lowest BCUT2D eigenvalue weighted by atomic mass is 9.81. The number of amides is 4. The van der Waals surface area contributed by atoms with Gasteiger partial charge >= 0.3 is 17.9 Å². The Morgan fingerprint density at radius 2 is 1.34 bits per heavy atom. The van der Waals surface area contributed by atoms with E-state index in [9.17, 15) is 62.9 Å². The molecule has 366 valence electrons. The number of carboxylic acid groups (broad SMARTS) is 3. The van der Waals surface area contributed by atoms with Crippen LogP contribution in [0.5, 0.6) is 5.75 Å². The molecule has 21 nitrogen and oxygen atoms in total. The summed E-state index contributed by atoms with van der Waals surface area (Å²) >= 11 is 0. The molecule has 6 N–H and O–H groups in total. The molecule has 0 bridgehead atoms. The van der Waals surface area contributed by atoms with Gasteiger partial charge in [-0.1, -0.05) is 12.1 Å². The van der Waals surface area contributed by atoms with Crippen LogP contribution in [0.4, 0.5) is 8.78 Å². The average Bonchev–Trinajstić information content (AvgIpc) is 3.61. The molecule has 5 rings (SSSR count). The van der Waals surface area contributed by atoms with E-state index in [0.717, 1.165) is 17.7 Å². The first kappa shape index (κ1) is 51.9. The molecule has 3 fully saturated rings. The van der Waals surface area contributed by atoms with Gasteiger partial charge in [-0.15, -0.1) is 0 Å². The summed E-state index contributed by atoms with van der Waals surface area (Å²) in [4.78, 5) is 98.6. The second-order valence-electron chi connectivity index (χ2n) is 17.2. The fourth-order valence-corrected chi connectivity index (χ4v) is 8.55. The summed E-state index contributed by atoms with van der Waals surface area (Å²) in [6, 6.07) is 6.91. The number of hydrogen-bond donors (Lipinski definition) is 6. The molecule has 1 aliphatic carbocycles. The monoisotopic (exact) mass is 942 g/mol. The summed E-state index contributed by atoms with van der Waals surface area (Å²) in [5, 5.41) is 46.4. The highest BCUT2D eigenvalue weighted by atomic mass is 19.3. The molecular formula is C44H60F2N10O11. The molecule has 1 aromatic carbocycles. The molecule has 2 aromatic rings. The van der Waals surface area contributed by atoms with Crippen LogP contribution in [0.25, 0.3) is 10.9 Å². The van der Waals surface area contributed by atoms with E-state index in [1.54, 1.807) is 39.0 Å². The number of pyridine rings is 1. The first-order chi connectivity index (χ1) is 32.0. The van der Waals surface area contributed by atoms with Crippen LogP contribution in [0, 0.1) is 23.2 Å². The lowest BCUT2D eigenvalue weighted by Crippen LogP contribution is -2.50. The number of nitrogens with one attached hydrogen (secondary N) is 3. The number of likely N-dealkylation sites (tertiary alicyclic amines) is 1. The van der Waals surface area contributed by atoms with Gasteiger partial charge in [0.1, 0.15) is 17.3 Å². The molecule has 3 aliphatic rings. The van der Waals surface area contributed by atoms with E-state index in [1.807, 2.05) is 4.90 Å². The van der Waals surface area contributed by atoms with Crippen LogP contribution in [0.3, 0.4) is 0 Å². The maximum Gasteiger partial charge on any atom is 0.317 e. The number of hydrogen-bond acceptors (Lipinski definition) is 14. The molecule has 1 atom stereocenters. The van der Waals surface area contributed by atoms with Crippen LogP contribution < -0.4 is 20.7 Å². The highest BCUT2D eigenvalue weighted by Gasteiger charge is 2.47. The molecule has 0 spiro atoms. The minimum atomic E-state index is -3.18. The number of aromatic nitrogens is 1. The molecule has 1 aromatic heterocycles. The maximum absolute atomic E-state index is 13.8. The molecule has 1 saturated carbocycles. The van der Waals surface area contributed by atoms with Gasteiger partial charge < -0.3 is 40.9 Å². The summed E-state index contributed by atoms with van der Waals surface area (Å²) in [6.45, 7) is 1.19. The molecule has 1 unspecified atom stereocenters. The van der Waals surface area contributed by atoms with Gasteiger partial charge in [-0.05, 0) is 50.2 Å². The van der Waals surface area contributed by atoms with Gasteiger partial charge in [-0.3, -0.25) is 58.1 Å². The van der Waals surface area contributed by atoms with Crippen molar-refractivity contribution in [2.45, 2.75) is 50.5 Å². The normalized spacial score (nSPS) is 21.3. The molecule has 3 heterocycles. The Balaban J connectivity index is 1.02. The zero-order valence-corrected chi connectivity index (χ0v) is 37.4. The van der Waals surface area contributed by atoms with E-state index in [1.165, 1.54) is 12.3 Å². The maximum atomic E-state index is 13.8. The number of carbonyl (C=O) groups is 7. The third-order valence-corrected chi connectivity index (χ3v) is 12.2. The molecule has 0 radical (unpaired) electrons. The van der Waals surface area contributed by atoms with Gasteiger partial charge in [0.25, 0.3) is 11.8 Å². The van der Waals surface area contributed by atoms with Crippen molar-refractivity contribution in [1.29, 1.82) is 5.26 Å². The van der Waals surface area contributed by atoms with Crippen molar-refractivity contribution < 1.29 is 62.4 Å². The predicted molar refractivity (Wildman–Crippen MR) is 235 cm³/mol. The SMILES string of the molecule is N#CC1CC(F)(F)CN1C(=O)CNC(=O)c1ccnc2c(OCCCNC(=O)C3CCC(CNC(=O)CN4CCN(CC(=O)O)CCN(CC(=O)O)CCN(CC(=O)O)CC4)CC3)cccc12. The van der Waals surface area contributed by atoms with Gasteiger partial charge in [0, 0.05) is 89.4 Å². The average molecular weight is 943 g/mol. The van der Waals surface area contributed by atoms with Gasteiger partial charge in [-0.2, -0.15) is 5.26 Å². The zero-order chi connectivity index (χ0) is 48.5. The number of nitriles is 1. The number of ether oxygens (including phenoxy) is 1. The van der Waals surface area contributed by atoms with Crippen LogP contribution >= 0.6 is 0 Å². The number of rotatable bonds is 19. The highest BCUT2D eigenvalue weighted by Crippen LogP contribution is 2.32. The van der Waals surface area contributed by atoms with Crippen molar-refractivity contribution in [3.8, 4) is 11.8 Å². The van der Waals surface area contributed by atoms with Gasteiger partial charge in [0.05, 0.1) is 57.5 Å². The fraction of sp³-hybridized carbons (Fsp3) is 0.614. The number of para-hydroxylation sites is 1. The molecule has 23 heteroatoms. The predicted octanol–water partition coefficient (Wildman–Crippen LogP) is 0.00748. The second kappa shape index (κ2) is 25.2. The number of fused-ring (bicyclic) bond motifs is 1. The molecular weight excluding hydrogens is 883 g/mol. The van der Waals surface area contributed by atoms with Crippen LogP contribution in [0.2, 0.25) is 0 Å². The molecule has 4 amide bonds. The van der Waals surface area contributed by atoms with Crippen molar-refractivity contribution in [1.82, 2.24) is 45.4 Å². The Labute approximate surface area is 386 Å². The summed E-state index contributed by atoms with van der Waals surface area (Å²) < 4.78 is 33.6. The topological polar surface area (TPSA) is 278 Å².